The molecule has 0 saturated carbocycles. The molecule has 0 unspecified atom stereocenters. The summed E-state index contributed by atoms with van der Waals surface area (Å²) in [6.45, 7) is 0. The minimum Gasteiger partial charge on any atom is -0.309 e. The number of aryl methyl sites for hydroxylation is 2. The van der Waals surface area contributed by atoms with Crippen molar-refractivity contribution in [2.24, 2.45) is 0 Å². The fourth-order valence-electron chi connectivity index (χ4n) is 8.54. The van der Waals surface area contributed by atoms with Gasteiger partial charge >= 0.3 is 0 Å². The third-order valence-corrected chi connectivity index (χ3v) is 13.2. The number of para-hydroxylation sites is 1. The molecule has 3 heterocycles. The molecule has 3 heteroatoms. The van der Waals surface area contributed by atoms with Gasteiger partial charge in [0, 0.05) is 51.1 Å². The molecule has 0 spiro atoms. The van der Waals surface area contributed by atoms with Crippen LogP contribution in [-0.2, 0) is 12.8 Å². The molecule has 0 aliphatic carbocycles. The van der Waals surface area contributed by atoms with Crippen LogP contribution >= 0.6 is 22.7 Å². The molecule has 0 saturated heterocycles. The Bertz CT molecular complexity index is 3180. The van der Waals surface area contributed by atoms with E-state index in [9.17, 15) is 0 Å². The number of hydrogen-bond donors (Lipinski definition) is 0. The summed E-state index contributed by atoms with van der Waals surface area (Å²) in [7, 11) is 0. The molecule has 0 N–H and O–H groups in total. The molecule has 53 heavy (non-hydrogen) atoms. The van der Waals surface area contributed by atoms with Gasteiger partial charge < -0.3 is 4.57 Å². The maximum atomic E-state index is 2.48. The molecular formula is C50H33NS2. The van der Waals surface area contributed by atoms with Crippen LogP contribution in [0.5, 0.6) is 0 Å². The molecule has 11 aromatic rings. The van der Waals surface area contributed by atoms with Crippen LogP contribution in [0.15, 0.2) is 176 Å². The zero-order valence-electron chi connectivity index (χ0n) is 28.9. The average Bonchev–Trinajstić information content (AvgIpc) is 3.90. The second-order valence-electron chi connectivity index (χ2n) is 14.0. The van der Waals surface area contributed by atoms with E-state index in [-0.39, 0.29) is 0 Å². The Morgan fingerprint density at radius 3 is 1.75 bits per heavy atom. The Hall–Kier alpha value is -6.00. The number of rotatable bonds is 6. The molecular weight excluding hydrogens is 679 g/mol. The van der Waals surface area contributed by atoms with Gasteiger partial charge in [-0.25, -0.2) is 0 Å². The van der Waals surface area contributed by atoms with E-state index in [1.165, 1.54) is 101 Å². The summed E-state index contributed by atoms with van der Waals surface area (Å²) in [5.41, 5.74) is 11.5. The molecule has 0 aliphatic heterocycles. The first kappa shape index (κ1) is 30.6. The molecule has 1 nitrogen and oxygen atoms in total. The minimum absolute atomic E-state index is 0.975. The third kappa shape index (κ3) is 4.96. The van der Waals surface area contributed by atoms with Crippen LogP contribution in [-0.4, -0.2) is 4.57 Å². The highest BCUT2D eigenvalue weighted by Crippen LogP contribution is 2.42. The number of nitrogens with zero attached hydrogens (tertiary/aromatic N) is 1. The van der Waals surface area contributed by atoms with Crippen molar-refractivity contribution >= 4 is 84.8 Å². The van der Waals surface area contributed by atoms with Gasteiger partial charge in [0.05, 0.1) is 16.7 Å². The summed E-state index contributed by atoms with van der Waals surface area (Å²) < 4.78 is 7.86. The Labute approximate surface area is 315 Å². The molecule has 8 aromatic carbocycles. The third-order valence-electron chi connectivity index (χ3n) is 11.0. The topological polar surface area (TPSA) is 4.93 Å². The second-order valence-corrected chi connectivity index (χ2v) is 16.1. The Kier molecular flexibility index (Phi) is 7.11. The van der Waals surface area contributed by atoms with Crippen molar-refractivity contribution in [1.82, 2.24) is 4.57 Å². The lowest BCUT2D eigenvalue weighted by atomic mass is 9.90. The number of fused-ring (bicyclic) bond motifs is 9. The first-order valence-electron chi connectivity index (χ1n) is 18.3. The fourth-order valence-corrected chi connectivity index (χ4v) is 10.8. The van der Waals surface area contributed by atoms with Crippen LogP contribution in [0.2, 0.25) is 0 Å². The van der Waals surface area contributed by atoms with Gasteiger partial charge in [-0.1, -0.05) is 121 Å². The van der Waals surface area contributed by atoms with Crippen molar-refractivity contribution in [3.8, 4) is 27.9 Å². The van der Waals surface area contributed by atoms with Gasteiger partial charge in [-0.2, -0.15) is 0 Å². The van der Waals surface area contributed by atoms with Crippen LogP contribution in [0.1, 0.15) is 11.1 Å². The predicted octanol–water partition coefficient (Wildman–Crippen LogP) is 14.6. The van der Waals surface area contributed by atoms with Crippen molar-refractivity contribution in [2.45, 2.75) is 12.8 Å². The van der Waals surface area contributed by atoms with Gasteiger partial charge in [0.2, 0.25) is 0 Å². The van der Waals surface area contributed by atoms with Crippen molar-refractivity contribution < 1.29 is 0 Å². The Morgan fingerprint density at radius 1 is 0.358 bits per heavy atom. The van der Waals surface area contributed by atoms with Gasteiger partial charge in [0.1, 0.15) is 0 Å². The lowest BCUT2D eigenvalue weighted by molar-refractivity contribution is 0.972. The first-order chi connectivity index (χ1) is 26.3. The molecule has 0 amide bonds. The normalized spacial score (nSPS) is 11.9. The van der Waals surface area contributed by atoms with Crippen molar-refractivity contribution in [3.05, 3.63) is 187 Å². The second kappa shape index (κ2) is 12.3. The standard InChI is InChI=1S/C50H33NS2/c1-2-12-32(13-3-1)40-30-35(27-25-33(40)24-26-34-14-10-22-47-49(34)38-16-5-8-20-45(38)52-47)36-28-29-43-41(31-36)37-15-4-7-18-42(37)51(43)44-19-11-23-48-50(44)39-17-6-9-21-46(39)53-48/h1-23,25,27-31H,24,26H2. The highest BCUT2D eigenvalue weighted by molar-refractivity contribution is 7.26. The fraction of sp³-hybridized carbons (Fsp3) is 0.0400. The number of hydrogen-bond acceptors (Lipinski definition) is 2. The number of aromatic nitrogens is 1. The lowest BCUT2D eigenvalue weighted by Crippen LogP contribution is -1.96. The maximum Gasteiger partial charge on any atom is 0.0555 e. The summed E-state index contributed by atoms with van der Waals surface area (Å²) in [5, 5.41) is 7.98. The van der Waals surface area contributed by atoms with Gasteiger partial charge in [-0.05, 0) is 101 Å². The Balaban J connectivity index is 1.03. The predicted molar refractivity (Wildman–Crippen MR) is 231 cm³/mol. The van der Waals surface area contributed by atoms with Crippen molar-refractivity contribution in [2.75, 3.05) is 0 Å². The molecule has 250 valence electrons. The van der Waals surface area contributed by atoms with Crippen LogP contribution in [0.25, 0.3) is 90.1 Å². The van der Waals surface area contributed by atoms with Crippen molar-refractivity contribution in [3.63, 3.8) is 0 Å². The van der Waals surface area contributed by atoms with E-state index in [0.29, 0.717) is 0 Å². The zero-order valence-corrected chi connectivity index (χ0v) is 30.6. The summed E-state index contributed by atoms with van der Waals surface area (Å²) in [4.78, 5) is 0. The smallest absolute Gasteiger partial charge is 0.0555 e. The van der Waals surface area contributed by atoms with E-state index in [0.717, 1.165) is 12.8 Å². The minimum atomic E-state index is 0.975. The van der Waals surface area contributed by atoms with E-state index in [1.807, 2.05) is 22.7 Å². The molecule has 0 atom stereocenters. The van der Waals surface area contributed by atoms with Crippen molar-refractivity contribution in [1.29, 1.82) is 0 Å². The van der Waals surface area contributed by atoms with Crippen LogP contribution in [0, 0.1) is 0 Å². The highest BCUT2D eigenvalue weighted by Gasteiger charge is 2.18. The molecule has 0 fully saturated rings. The maximum absolute atomic E-state index is 2.48. The van der Waals surface area contributed by atoms with E-state index in [1.54, 1.807) is 0 Å². The van der Waals surface area contributed by atoms with Gasteiger partial charge in [-0.15, -0.1) is 22.7 Å². The van der Waals surface area contributed by atoms with Crippen LogP contribution in [0.4, 0.5) is 0 Å². The van der Waals surface area contributed by atoms with Gasteiger partial charge in [0.25, 0.3) is 0 Å². The summed E-state index contributed by atoms with van der Waals surface area (Å²) in [6.07, 6.45) is 1.97. The Morgan fingerprint density at radius 2 is 0.943 bits per heavy atom. The van der Waals surface area contributed by atoms with E-state index >= 15 is 0 Å². The van der Waals surface area contributed by atoms with E-state index in [4.69, 9.17) is 0 Å². The lowest BCUT2D eigenvalue weighted by Gasteiger charge is -2.14. The average molecular weight is 712 g/mol. The van der Waals surface area contributed by atoms with Crippen LogP contribution in [0.3, 0.4) is 0 Å². The monoisotopic (exact) mass is 711 g/mol. The van der Waals surface area contributed by atoms with E-state index in [2.05, 4.69) is 180 Å². The summed E-state index contributed by atoms with van der Waals surface area (Å²) in [5.74, 6) is 0. The number of thiophene rings is 2. The molecule has 0 aliphatic rings. The molecule has 3 aromatic heterocycles. The van der Waals surface area contributed by atoms with Gasteiger partial charge in [-0.3, -0.25) is 0 Å². The number of benzene rings is 8. The molecule has 0 bridgehead atoms. The van der Waals surface area contributed by atoms with Crippen LogP contribution < -0.4 is 0 Å². The molecule has 11 rings (SSSR count). The highest BCUT2D eigenvalue weighted by atomic mass is 32.1. The summed E-state index contributed by atoms with van der Waals surface area (Å²) in [6, 6.07) is 65.2. The van der Waals surface area contributed by atoms with Gasteiger partial charge in [0.15, 0.2) is 0 Å². The largest absolute Gasteiger partial charge is 0.309 e. The zero-order chi connectivity index (χ0) is 34.9. The van der Waals surface area contributed by atoms with E-state index < -0.39 is 0 Å². The summed E-state index contributed by atoms with van der Waals surface area (Å²) >= 11 is 3.77. The molecule has 0 radical (unpaired) electrons. The quantitative estimate of drug-likeness (QED) is 0.162. The first-order valence-corrected chi connectivity index (χ1v) is 19.9. The SMILES string of the molecule is c1ccc(-c2cc(-c3ccc4c(c3)c3ccccc3n4-c3cccc4sc5ccccc5c34)ccc2CCc2cccc3sc4ccccc4c23)cc1.